The summed E-state index contributed by atoms with van der Waals surface area (Å²) in [6.45, 7) is 3.44. The maximum atomic E-state index is 13.4. The highest BCUT2D eigenvalue weighted by Gasteiger charge is 2.27. The van der Waals surface area contributed by atoms with Crippen LogP contribution in [0.2, 0.25) is 0 Å². The highest BCUT2D eigenvalue weighted by molar-refractivity contribution is 6.00. The van der Waals surface area contributed by atoms with Gasteiger partial charge in [0.2, 0.25) is 0 Å². The molecular formula is C13H17FN2O2. The zero-order chi connectivity index (χ0) is 13.3. The Kier molecular flexibility index (Phi) is 3.41. The summed E-state index contributed by atoms with van der Waals surface area (Å²) in [4.78, 5) is 13.2. The first kappa shape index (κ1) is 12.7. The number of carbonyl (C=O) groups is 1. The van der Waals surface area contributed by atoms with Crippen LogP contribution in [0.5, 0.6) is 0 Å². The number of nitrogens with zero attached hydrogens (tertiary/aromatic N) is 1. The van der Waals surface area contributed by atoms with Gasteiger partial charge in [-0.3, -0.25) is 0 Å². The molecule has 0 amide bonds. The molecule has 5 heteroatoms. The van der Waals surface area contributed by atoms with Gasteiger partial charge in [0.1, 0.15) is 11.4 Å². The van der Waals surface area contributed by atoms with Crippen LogP contribution in [0.4, 0.5) is 15.8 Å². The van der Waals surface area contributed by atoms with Crippen molar-refractivity contribution < 1.29 is 14.3 Å². The zero-order valence-corrected chi connectivity index (χ0v) is 10.3. The van der Waals surface area contributed by atoms with Gasteiger partial charge in [0.25, 0.3) is 0 Å². The van der Waals surface area contributed by atoms with Gasteiger partial charge in [0, 0.05) is 13.1 Å². The first-order valence-electron chi connectivity index (χ1n) is 6.10. The Hall–Kier alpha value is -1.78. The summed E-state index contributed by atoms with van der Waals surface area (Å²) in [5.41, 5.74) is 5.64. The van der Waals surface area contributed by atoms with Crippen LogP contribution in [0.1, 0.15) is 30.1 Å². The molecule has 3 N–H and O–H groups in total. The summed E-state index contributed by atoms with van der Waals surface area (Å²) in [7, 11) is 0. The Morgan fingerprint density at radius 2 is 2.22 bits per heavy atom. The molecule has 0 aliphatic heterocycles. The Bertz CT molecular complexity index is 472. The van der Waals surface area contributed by atoms with Crippen molar-refractivity contribution in [2.45, 2.75) is 19.8 Å². The fraction of sp³-hybridized carbons (Fsp3) is 0.462. The molecule has 0 unspecified atom stereocenters. The van der Waals surface area contributed by atoms with E-state index in [0.717, 1.165) is 6.54 Å². The van der Waals surface area contributed by atoms with Gasteiger partial charge >= 0.3 is 5.97 Å². The molecule has 98 valence electrons. The number of anilines is 2. The largest absolute Gasteiger partial charge is 0.478 e. The normalized spacial score (nSPS) is 14.6. The Morgan fingerprint density at radius 1 is 1.56 bits per heavy atom. The van der Waals surface area contributed by atoms with E-state index in [1.54, 1.807) is 0 Å². The third kappa shape index (κ3) is 2.39. The van der Waals surface area contributed by atoms with Crippen LogP contribution in [-0.4, -0.2) is 24.2 Å². The number of rotatable bonds is 5. The quantitative estimate of drug-likeness (QED) is 0.789. The smallest absolute Gasteiger partial charge is 0.340 e. The van der Waals surface area contributed by atoms with Gasteiger partial charge in [-0.15, -0.1) is 0 Å². The standard InChI is InChI=1S/C13H17FN2O2/c1-2-16(7-8-3-4-8)10-6-5-9(14)12(15)11(10)13(17)18/h5-6,8H,2-4,7,15H2,1H3,(H,17,18). The summed E-state index contributed by atoms with van der Waals surface area (Å²) in [6, 6.07) is 2.73. The minimum absolute atomic E-state index is 0.127. The summed E-state index contributed by atoms with van der Waals surface area (Å²) in [5.74, 6) is -1.24. The van der Waals surface area contributed by atoms with Crippen molar-refractivity contribution >= 4 is 17.3 Å². The number of carboxylic acids is 1. The summed E-state index contributed by atoms with van der Waals surface area (Å²) in [5, 5.41) is 9.19. The van der Waals surface area contributed by atoms with Crippen LogP contribution in [0.25, 0.3) is 0 Å². The number of halogens is 1. The van der Waals surface area contributed by atoms with E-state index in [2.05, 4.69) is 0 Å². The van der Waals surface area contributed by atoms with Gasteiger partial charge < -0.3 is 15.7 Å². The van der Waals surface area contributed by atoms with E-state index in [9.17, 15) is 14.3 Å². The van der Waals surface area contributed by atoms with Crippen LogP contribution < -0.4 is 10.6 Å². The minimum atomic E-state index is -1.18. The van der Waals surface area contributed by atoms with E-state index >= 15 is 0 Å². The van der Waals surface area contributed by atoms with E-state index in [-0.39, 0.29) is 11.3 Å². The van der Waals surface area contributed by atoms with Crippen molar-refractivity contribution in [3.8, 4) is 0 Å². The molecule has 1 saturated carbocycles. The summed E-state index contributed by atoms with van der Waals surface area (Å²) < 4.78 is 13.4. The molecule has 2 rings (SSSR count). The summed E-state index contributed by atoms with van der Waals surface area (Å²) >= 11 is 0. The van der Waals surface area contributed by atoms with Crippen LogP contribution in [0, 0.1) is 11.7 Å². The lowest BCUT2D eigenvalue weighted by atomic mass is 10.1. The zero-order valence-electron chi connectivity index (χ0n) is 10.3. The second kappa shape index (κ2) is 4.84. The highest BCUT2D eigenvalue weighted by atomic mass is 19.1. The van der Waals surface area contributed by atoms with Crippen molar-refractivity contribution in [1.29, 1.82) is 0 Å². The predicted molar refractivity (Wildman–Crippen MR) is 68.4 cm³/mol. The molecule has 0 saturated heterocycles. The number of nitrogens with two attached hydrogens (primary N) is 1. The maximum absolute atomic E-state index is 13.4. The fourth-order valence-electron chi connectivity index (χ4n) is 2.08. The molecule has 1 fully saturated rings. The molecule has 4 nitrogen and oxygen atoms in total. The van der Waals surface area contributed by atoms with Crippen LogP contribution in [-0.2, 0) is 0 Å². The minimum Gasteiger partial charge on any atom is -0.478 e. The van der Waals surface area contributed by atoms with E-state index in [0.29, 0.717) is 18.2 Å². The lowest BCUT2D eigenvalue weighted by Gasteiger charge is -2.25. The molecule has 18 heavy (non-hydrogen) atoms. The Morgan fingerprint density at radius 3 is 2.72 bits per heavy atom. The van der Waals surface area contributed by atoms with E-state index in [4.69, 9.17) is 5.73 Å². The van der Waals surface area contributed by atoms with Crippen molar-refractivity contribution in [3.63, 3.8) is 0 Å². The van der Waals surface area contributed by atoms with Gasteiger partial charge in [0.05, 0.1) is 11.4 Å². The Balaban J connectivity index is 2.40. The molecule has 0 heterocycles. The average molecular weight is 252 g/mol. The Labute approximate surface area is 105 Å². The molecule has 0 spiro atoms. The van der Waals surface area contributed by atoms with E-state index in [1.165, 1.54) is 25.0 Å². The van der Waals surface area contributed by atoms with Gasteiger partial charge in [-0.05, 0) is 37.8 Å². The van der Waals surface area contributed by atoms with Gasteiger partial charge in [0.15, 0.2) is 0 Å². The van der Waals surface area contributed by atoms with Crippen molar-refractivity contribution in [2.75, 3.05) is 23.7 Å². The number of nitrogen functional groups attached to an aromatic ring is 1. The molecule has 1 aliphatic rings. The monoisotopic (exact) mass is 252 g/mol. The molecule has 0 bridgehead atoms. The van der Waals surface area contributed by atoms with Crippen LogP contribution in [0.3, 0.4) is 0 Å². The number of hydrogen-bond acceptors (Lipinski definition) is 3. The molecular weight excluding hydrogens is 235 g/mol. The van der Waals surface area contributed by atoms with Crippen LogP contribution >= 0.6 is 0 Å². The SMILES string of the molecule is CCN(CC1CC1)c1ccc(F)c(N)c1C(=O)O. The number of aromatic carboxylic acids is 1. The first-order chi connectivity index (χ1) is 8.54. The molecule has 1 aromatic carbocycles. The van der Waals surface area contributed by atoms with Gasteiger partial charge in [-0.2, -0.15) is 0 Å². The van der Waals surface area contributed by atoms with Crippen LogP contribution in [0.15, 0.2) is 12.1 Å². The second-order valence-electron chi connectivity index (χ2n) is 4.64. The third-order valence-electron chi connectivity index (χ3n) is 3.28. The van der Waals surface area contributed by atoms with E-state index in [1.807, 2.05) is 11.8 Å². The van der Waals surface area contributed by atoms with Crippen molar-refractivity contribution in [2.24, 2.45) is 5.92 Å². The van der Waals surface area contributed by atoms with Gasteiger partial charge in [-0.25, -0.2) is 9.18 Å². The number of benzene rings is 1. The van der Waals surface area contributed by atoms with Crippen molar-refractivity contribution in [1.82, 2.24) is 0 Å². The molecule has 0 aromatic heterocycles. The average Bonchev–Trinajstić information content (AvgIpc) is 3.13. The van der Waals surface area contributed by atoms with E-state index < -0.39 is 11.8 Å². The highest BCUT2D eigenvalue weighted by Crippen LogP contribution is 2.34. The topological polar surface area (TPSA) is 66.6 Å². The summed E-state index contributed by atoms with van der Waals surface area (Å²) in [6.07, 6.45) is 2.35. The fourth-order valence-corrected chi connectivity index (χ4v) is 2.08. The lowest BCUT2D eigenvalue weighted by Crippen LogP contribution is -2.27. The molecule has 1 aromatic rings. The molecule has 0 radical (unpaired) electrons. The second-order valence-corrected chi connectivity index (χ2v) is 4.64. The number of hydrogen-bond donors (Lipinski definition) is 2. The molecule has 1 aliphatic carbocycles. The first-order valence-corrected chi connectivity index (χ1v) is 6.10. The third-order valence-corrected chi connectivity index (χ3v) is 3.28. The maximum Gasteiger partial charge on any atom is 0.340 e. The predicted octanol–water partition coefficient (Wildman–Crippen LogP) is 2.34. The molecule has 0 atom stereocenters. The number of carboxylic acid groups (broad SMARTS) is 1. The van der Waals surface area contributed by atoms with Crippen molar-refractivity contribution in [3.05, 3.63) is 23.5 Å². The lowest BCUT2D eigenvalue weighted by molar-refractivity contribution is 0.0698. The van der Waals surface area contributed by atoms with Gasteiger partial charge in [-0.1, -0.05) is 0 Å².